The number of carbonyl (C=O) groups excluding carboxylic acids is 4. The molecule has 0 fully saturated rings. The Morgan fingerprint density at radius 3 is 1.49 bits per heavy atom. The third-order valence-corrected chi connectivity index (χ3v) is 12.4. The minimum Gasteiger partial charge on any atom is -0.354 e. The predicted octanol–water partition coefficient (Wildman–Crippen LogP) is 9.00. The Balaban J connectivity index is 0.000000221. The van der Waals surface area contributed by atoms with Crippen molar-refractivity contribution < 1.29 is 40.9 Å². The second-order valence-electron chi connectivity index (χ2n) is 18.6. The van der Waals surface area contributed by atoms with Crippen LogP contribution in [-0.2, 0) is 23.9 Å². The molecule has 1 unspecified atom stereocenters. The summed E-state index contributed by atoms with van der Waals surface area (Å²) in [5, 5.41) is 17.4. The van der Waals surface area contributed by atoms with Crippen LogP contribution in [0.4, 0.5) is 56.1 Å². The van der Waals surface area contributed by atoms with Crippen LogP contribution in [-0.4, -0.2) is 85.5 Å². The van der Waals surface area contributed by atoms with Gasteiger partial charge in [0.1, 0.15) is 34.6 Å². The summed E-state index contributed by atoms with van der Waals surface area (Å²) in [5.74, 6) is -4.06. The zero-order valence-electron chi connectivity index (χ0n) is 42.8. The Hall–Kier alpha value is -7.85. The summed E-state index contributed by atoms with van der Waals surface area (Å²) in [7, 11) is -1.68. The Kier molecular flexibility index (Phi) is 17.3. The SMILES string of the molecule is Cc1ccc(C(=O)NC(C)C)cc1-c1nc(NCCCNC(C)C)nc2c1CNC(=O)N2c1c(F)cccc1F.Cc1ccc(C(=O)NC(C)C)cc1-c1nc(S(C)=O)nc2c1CNC(=O)N2c1c(F)cccc1F. The summed E-state index contributed by atoms with van der Waals surface area (Å²) in [6.07, 6.45) is 2.13. The topological polar surface area (TPSA) is 216 Å². The minimum absolute atomic E-state index is 0.0332. The van der Waals surface area contributed by atoms with Crippen LogP contribution in [0, 0.1) is 37.1 Å². The molecule has 6 aromatic rings. The zero-order chi connectivity index (χ0) is 54.4. The second-order valence-corrected chi connectivity index (χ2v) is 19.9. The first kappa shape index (κ1) is 54.9. The van der Waals surface area contributed by atoms with Crippen molar-refractivity contribution in [3.05, 3.63) is 129 Å². The van der Waals surface area contributed by atoms with Crippen LogP contribution >= 0.6 is 0 Å². The Morgan fingerprint density at radius 2 is 1.07 bits per heavy atom. The number of nitrogens with zero attached hydrogens (tertiary/aromatic N) is 6. The lowest BCUT2D eigenvalue weighted by Gasteiger charge is -2.31. The molecular formula is C53H58F4N12O5S. The fourth-order valence-corrected chi connectivity index (χ4v) is 8.61. The van der Waals surface area contributed by atoms with Gasteiger partial charge in [0, 0.05) is 64.3 Å². The molecule has 2 aliphatic heterocycles. The molecule has 394 valence electrons. The van der Waals surface area contributed by atoms with E-state index in [-0.39, 0.29) is 59.7 Å². The number of carbonyl (C=O) groups is 4. The monoisotopic (exact) mass is 1050 g/mol. The first-order valence-electron chi connectivity index (χ1n) is 24.1. The van der Waals surface area contributed by atoms with Crippen molar-refractivity contribution in [2.45, 2.75) is 98.2 Å². The van der Waals surface area contributed by atoms with Crippen molar-refractivity contribution >= 4 is 63.6 Å². The number of fused-ring (bicyclic) bond motifs is 2. The summed E-state index contributed by atoms with van der Waals surface area (Å²) < 4.78 is 71.6. The van der Waals surface area contributed by atoms with Gasteiger partial charge >= 0.3 is 12.1 Å². The quantitative estimate of drug-likeness (QED) is 0.0324. The van der Waals surface area contributed by atoms with E-state index in [0.29, 0.717) is 57.4 Å². The van der Waals surface area contributed by atoms with Gasteiger partial charge in [-0.1, -0.05) is 38.1 Å². The van der Waals surface area contributed by atoms with Gasteiger partial charge in [0.25, 0.3) is 11.8 Å². The number of amides is 6. The van der Waals surface area contributed by atoms with Crippen LogP contribution in [0.1, 0.15) is 90.9 Å². The molecule has 6 N–H and O–H groups in total. The van der Waals surface area contributed by atoms with Crippen molar-refractivity contribution in [2.75, 3.05) is 34.5 Å². The number of nitrogens with one attached hydrogen (secondary N) is 6. The van der Waals surface area contributed by atoms with Crippen LogP contribution in [0.5, 0.6) is 0 Å². The summed E-state index contributed by atoms with van der Waals surface area (Å²) in [6, 6.07) is 15.7. The third kappa shape index (κ3) is 12.4. The van der Waals surface area contributed by atoms with Crippen molar-refractivity contribution in [3.63, 3.8) is 0 Å². The van der Waals surface area contributed by atoms with E-state index < -0.39 is 57.5 Å². The van der Waals surface area contributed by atoms with Gasteiger partial charge in [-0.3, -0.25) is 13.8 Å². The van der Waals surface area contributed by atoms with Gasteiger partial charge in [0.05, 0.1) is 35.3 Å². The lowest BCUT2D eigenvalue weighted by atomic mass is 9.97. The summed E-state index contributed by atoms with van der Waals surface area (Å²) in [5.41, 5.74) is 4.03. The van der Waals surface area contributed by atoms with Crippen molar-refractivity contribution in [1.29, 1.82) is 0 Å². The molecule has 17 nitrogen and oxygen atoms in total. The van der Waals surface area contributed by atoms with Crippen LogP contribution in [0.25, 0.3) is 22.5 Å². The average molecular weight is 1050 g/mol. The lowest BCUT2D eigenvalue weighted by molar-refractivity contribution is 0.0934. The molecule has 0 radical (unpaired) electrons. The average Bonchev–Trinajstić information content (AvgIpc) is 3.35. The Morgan fingerprint density at radius 1 is 0.627 bits per heavy atom. The molecule has 1 atom stereocenters. The first-order chi connectivity index (χ1) is 35.6. The van der Waals surface area contributed by atoms with E-state index in [4.69, 9.17) is 4.98 Å². The van der Waals surface area contributed by atoms with Gasteiger partial charge in [-0.05, 0) is 114 Å². The molecule has 0 aliphatic carbocycles. The number of aryl methyl sites for hydroxylation is 2. The molecule has 0 saturated carbocycles. The molecule has 4 heterocycles. The highest BCUT2D eigenvalue weighted by atomic mass is 32.2. The summed E-state index contributed by atoms with van der Waals surface area (Å²) >= 11 is 0. The molecule has 2 aliphatic rings. The van der Waals surface area contributed by atoms with Crippen molar-refractivity contribution in [1.82, 2.24) is 46.5 Å². The van der Waals surface area contributed by atoms with Crippen LogP contribution in [0.15, 0.2) is 78.0 Å². The molecule has 6 amide bonds. The maximum Gasteiger partial charge on any atom is 0.328 e. The largest absolute Gasteiger partial charge is 0.354 e. The van der Waals surface area contributed by atoms with E-state index in [1.807, 2.05) is 47.6 Å². The van der Waals surface area contributed by atoms with Gasteiger partial charge in [0.15, 0.2) is 11.6 Å². The molecule has 0 saturated heterocycles. The van der Waals surface area contributed by atoms with Crippen molar-refractivity contribution in [2.24, 2.45) is 0 Å². The highest BCUT2D eigenvalue weighted by Crippen LogP contribution is 2.41. The number of urea groups is 2. The van der Waals surface area contributed by atoms with E-state index in [2.05, 4.69) is 60.7 Å². The van der Waals surface area contributed by atoms with E-state index in [1.165, 1.54) is 18.4 Å². The maximum atomic E-state index is 14.9. The second kappa shape index (κ2) is 23.6. The predicted molar refractivity (Wildman–Crippen MR) is 280 cm³/mol. The van der Waals surface area contributed by atoms with Gasteiger partial charge in [-0.15, -0.1) is 0 Å². The molecule has 4 aromatic carbocycles. The highest BCUT2D eigenvalue weighted by molar-refractivity contribution is 7.84. The molecule has 2 aromatic heterocycles. The number of halogens is 4. The third-order valence-electron chi connectivity index (χ3n) is 11.7. The first-order valence-corrected chi connectivity index (χ1v) is 25.7. The van der Waals surface area contributed by atoms with Gasteiger partial charge in [-0.25, -0.2) is 51.9 Å². The molecule has 0 spiro atoms. The number of hydrogen-bond donors (Lipinski definition) is 6. The maximum absolute atomic E-state index is 14.9. The standard InChI is InChI=1S/C29H35F2N7O2.C24H23F2N5O3S/c1-16(2)32-12-7-13-33-28-36-24(20-14-19(11-10-18(20)5)27(39)35-17(3)4)21-15-34-29(40)38(26(21)37-28)25-22(30)8-6-9-23(25)31;1-12(2)28-22(32)14-9-8-13(3)15(10-14)19-16-11-27-24(33)31(20-17(25)6-5-7-18(20)26)21(16)30-23(29-19)35(4)34/h6,8-11,14,16-17,32H,7,12-13,15H2,1-5H3,(H,34,40)(H,35,39)(H,33,36,37);5-10,12H,11H2,1-4H3,(H,27,33)(H,28,32). The van der Waals surface area contributed by atoms with Gasteiger partial charge in [-0.2, -0.15) is 4.98 Å². The van der Waals surface area contributed by atoms with E-state index >= 15 is 0 Å². The number of hydrogen-bond acceptors (Lipinski definition) is 11. The summed E-state index contributed by atoms with van der Waals surface area (Å²) in [4.78, 5) is 71.0. The Labute approximate surface area is 434 Å². The van der Waals surface area contributed by atoms with E-state index in [0.717, 1.165) is 58.2 Å². The van der Waals surface area contributed by atoms with Gasteiger partial charge < -0.3 is 31.9 Å². The zero-order valence-corrected chi connectivity index (χ0v) is 43.7. The smallest absolute Gasteiger partial charge is 0.328 e. The van der Waals surface area contributed by atoms with Crippen LogP contribution < -0.4 is 41.7 Å². The van der Waals surface area contributed by atoms with Crippen LogP contribution in [0.3, 0.4) is 0 Å². The van der Waals surface area contributed by atoms with Gasteiger partial charge in [0.2, 0.25) is 11.1 Å². The van der Waals surface area contributed by atoms with E-state index in [1.54, 1.807) is 30.3 Å². The molecular weight excluding hydrogens is 993 g/mol. The normalized spacial score (nSPS) is 13.4. The van der Waals surface area contributed by atoms with Crippen molar-refractivity contribution in [3.8, 4) is 22.5 Å². The number of para-hydroxylation sites is 2. The fourth-order valence-electron chi connectivity index (χ4n) is 8.18. The van der Waals surface area contributed by atoms with E-state index in [9.17, 15) is 40.9 Å². The lowest BCUT2D eigenvalue weighted by Crippen LogP contribution is -2.43. The Bertz CT molecular complexity index is 3170. The minimum atomic E-state index is -1.68. The molecule has 8 rings (SSSR count). The number of aromatic nitrogens is 4. The number of anilines is 5. The molecule has 22 heteroatoms. The summed E-state index contributed by atoms with van der Waals surface area (Å²) in [6.45, 7) is 16.6. The number of benzene rings is 4. The highest BCUT2D eigenvalue weighted by Gasteiger charge is 2.36. The molecule has 75 heavy (non-hydrogen) atoms. The fraction of sp³-hybridized carbons (Fsp3) is 0.321. The number of rotatable bonds is 15. The molecule has 0 bridgehead atoms. The van der Waals surface area contributed by atoms with Crippen LogP contribution in [0.2, 0.25) is 0 Å².